The molecule has 0 radical (unpaired) electrons. The first-order valence-corrected chi connectivity index (χ1v) is 17.8. The van der Waals surface area contributed by atoms with E-state index in [1.807, 2.05) is 98.9 Å². The average Bonchev–Trinajstić information content (AvgIpc) is 3.22. The Bertz CT molecular complexity index is 2070. The van der Waals surface area contributed by atoms with Crippen LogP contribution in [-0.4, -0.2) is 46.8 Å². The molecule has 0 bridgehead atoms. The van der Waals surface area contributed by atoms with Crippen LogP contribution in [0, 0.1) is 35.0 Å². The molecule has 5 aromatic rings. The topological polar surface area (TPSA) is 91.3 Å². The normalized spacial score (nSPS) is 19.6. The zero-order valence-corrected chi connectivity index (χ0v) is 30.4. The van der Waals surface area contributed by atoms with Gasteiger partial charge in [-0.1, -0.05) is 104 Å². The summed E-state index contributed by atoms with van der Waals surface area (Å²) in [5.41, 5.74) is 3.78. The highest BCUT2D eigenvalue weighted by molar-refractivity contribution is 5.94. The largest absolute Gasteiger partial charge is 0.392 e. The number of hydrogen-bond acceptors (Lipinski definition) is 6. The zero-order valence-electron chi connectivity index (χ0n) is 30.4. The summed E-state index contributed by atoms with van der Waals surface area (Å²) in [6.07, 6.45) is -2.11. The molecule has 0 aromatic heterocycles. The number of likely N-dealkylation sites (N-methyl/N-ethyl adjacent to an activating group) is 1. The van der Waals surface area contributed by atoms with E-state index < -0.39 is 53.0 Å². The number of hydrogen-bond donors (Lipinski definition) is 3. The molecular weight excluding hydrogens is 719 g/mol. The van der Waals surface area contributed by atoms with Gasteiger partial charge in [-0.25, -0.2) is 22.0 Å². The lowest BCUT2D eigenvalue weighted by Crippen LogP contribution is -2.46. The predicted octanol–water partition coefficient (Wildman–Crippen LogP) is 8.32. The maximum absolute atomic E-state index is 14.2. The van der Waals surface area contributed by atoms with Gasteiger partial charge in [0.1, 0.15) is 5.56 Å². The van der Waals surface area contributed by atoms with E-state index in [9.17, 15) is 37.0 Å². The molecule has 3 N–H and O–H groups in total. The van der Waals surface area contributed by atoms with E-state index in [0.717, 1.165) is 33.4 Å². The van der Waals surface area contributed by atoms with Gasteiger partial charge in [-0.2, -0.15) is 0 Å². The average molecular weight is 761 g/mol. The minimum absolute atomic E-state index is 0.0789. The summed E-state index contributed by atoms with van der Waals surface area (Å²) in [4.78, 5) is 14.6. The maximum atomic E-state index is 14.2. The van der Waals surface area contributed by atoms with Gasteiger partial charge in [0.05, 0.1) is 24.9 Å². The first-order chi connectivity index (χ1) is 26.4. The van der Waals surface area contributed by atoms with Crippen molar-refractivity contribution >= 4 is 5.91 Å². The highest BCUT2D eigenvalue weighted by Gasteiger charge is 2.39. The Morgan fingerprint density at radius 2 is 1.38 bits per heavy atom. The second-order valence-electron chi connectivity index (χ2n) is 13.8. The lowest BCUT2D eigenvalue weighted by atomic mass is 9.89. The van der Waals surface area contributed by atoms with Crippen LogP contribution in [0.15, 0.2) is 103 Å². The van der Waals surface area contributed by atoms with E-state index in [1.54, 1.807) is 18.2 Å². The van der Waals surface area contributed by atoms with Gasteiger partial charge < -0.3 is 25.0 Å². The molecule has 0 saturated carbocycles. The molecule has 55 heavy (non-hydrogen) atoms. The van der Waals surface area contributed by atoms with E-state index >= 15 is 0 Å². The molecule has 12 heteroatoms. The molecule has 0 unspecified atom stereocenters. The van der Waals surface area contributed by atoms with Crippen molar-refractivity contribution < 1.29 is 46.4 Å². The minimum Gasteiger partial charge on any atom is -0.392 e. The number of rotatable bonds is 12. The van der Waals surface area contributed by atoms with E-state index in [-0.39, 0.29) is 37.3 Å². The van der Waals surface area contributed by atoms with E-state index in [4.69, 9.17) is 9.47 Å². The lowest BCUT2D eigenvalue weighted by molar-refractivity contribution is -0.276. The number of carbonyl (C=O) groups is 1. The number of aliphatic hydroxyl groups is 2. The zero-order chi connectivity index (χ0) is 39.4. The van der Waals surface area contributed by atoms with Crippen LogP contribution in [0.2, 0.25) is 0 Å². The summed E-state index contributed by atoms with van der Waals surface area (Å²) in [6.45, 7) is 4.22. The number of halogens is 5. The molecule has 5 aromatic carbocycles. The Hall–Kier alpha value is -4.98. The highest BCUT2D eigenvalue weighted by atomic mass is 19.2. The molecule has 7 nitrogen and oxygen atoms in total. The number of nitrogens with one attached hydrogen (secondary N) is 1. The summed E-state index contributed by atoms with van der Waals surface area (Å²) in [7, 11) is 1.95. The number of benzene rings is 5. The van der Waals surface area contributed by atoms with Gasteiger partial charge >= 0.3 is 0 Å². The Morgan fingerprint density at radius 3 is 2.02 bits per heavy atom. The Labute approximate surface area is 316 Å². The van der Waals surface area contributed by atoms with Gasteiger partial charge in [-0.05, 0) is 53.4 Å². The van der Waals surface area contributed by atoms with Crippen LogP contribution in [0.25, 0.3) is 11.1 Å². The van der Waals surface area contributed by atoms with Crippen LogP contribution < -0.4 is 5.32 Å². The Morgan fingerprint density at radius 1 is 0.764 bits per heavy atom. The number of carbonyl (C=O) groups excluding carboxylic acids is 1. The molecule has 288 valence electrons. The fraction of sp³-hybridized carbons (Fsp3) is 0.279. The van der Waals surface area contributed by atoms with Crippen molar-refractivity contribution in [3.05, 3.63) is 166 Å². The number of amides is 1. The molecule has 1 heterocycles. The van der Waals surface area contributed by atoms with Crippen LogP contribution in [0.5, 0.6) is 0 Å². The maximum Gasteiger partial charge on any atom is 0.257 e. The Kier molecular flexibility index (Phi) is 12.4. The van der Waals surface area contributed by atoms with Gasteiger partial charge in [0, 0.05) is 30.6 Å². The third-order valence-electron chi connectivity index (χ3n) is 10.2. The van der Waals surface area contributed by atoms with E-state index in [1.165, 1.54) is 0 Å². The molecule has 0 spiro atoms. The van der Waals surface area contributed by atoms with Crippen molar-refractivity contribution in [1.82, 2.24) is 10.2 Å². The van der Waals surface area contributed by atoms with Crippen LogP contribution >= 0.6 is 0 Å². The smallest absolute Gasteiger partial charge is 0.257 e. The van der Waals surface area contributed by atoms with E-state index in [2.05, 4.69) is 17.1 Å². The summed E-state index contributed by atoms with van der Waals surface area (Å²) < 4.78 is 82.3. The third-order valence-corrected chi connectivity index (χ3v) is 10.2. The van der Waals surface area contributed by atoms with Gasteiger partial charge in [-0.15, -0.1) is 0 Å². The predicted molar refractivity (Wildman–Crippen MR) is 196 cm³/mol. The van der Waals surface area contributed by atoms with Gasteiger partial charge in [0.25, 0.3) is 5.91 Å². The molecule has 1 amide bonds. The molecular formula is C43H41F5N2O5. The van der Waals surface area contributed by atoms with Gasteiger partial charge in [-0.3, -0.25) is 9.69 Å². The minimum atomic E-state index is -2.34. The number of nitrogens with zero attached hydrogens (tertiary/aromatic N) is 1. The van der Waals surface area contributed by atoms with Crippen LogP contribution in [0.4, 0.5) is 22.0 Å². The Balaban J connectivity index is 1.19. The highest BCUT2D eigenvalue weighted by Crippen LogP contribution is 2.42. The molecule has 0 aliphatic carbocycles. The van der Waals surface area contributed by atoms with E-state index in [0.29, 0.717) is 12.1 Å². The molecule has 6 rings (SSSR count). The SMILES string of the molecule is C[C@H]1[C@@H](CN(C)[C@H](C)[C@@H](O)c2ccccc2)O[C@@H](c2ccc(-c3cccc(CNC(=O)c4c(F)c(F)c(F)c(F)c4F)c3)cc2)O[C@H]1c1ccc(CO)cc1. The van der Waals surface area contributed by atoms with Crippen LogP contribution in [-0.2, 0) is 22.6 Å². The first kappa shape index (κ1) is 39.7. The second kappa shape index (κ2) is 17.2. The lowest BCUT2D eigenvalue weighted by Gasteiger charge is -2.43. The third kappa shape index (κ3) is 8.64. The second-order valence-corrected chi connectivity index (χ2v) is 13.8. The number of ether oxygens (including phenoxy) is 2. The van der Waals surface area contributed by atoms with Crippen LogP contribution in [0.1, 0.15) is 70.5 Å². The van der Waals surface area contributed by atoms with Crippen molar-refractivity contribution in [2.24, 2.45) is 5.92 Å². The molecule has 1 saturated heterocycles. The quantitative estimate of drug-likeness (QED) is 0.0674. The summed E-state index contributed by atoms with van der Waals surface area (Å²) >= 11 is 0. The summed E-state index contributed by atoms with van der Waals surface area (Å²) in [5.74, 6) is -12.7. The fourth-order valence-corrected chi connectivity index (χ4v) is 6.72. The monoisotopic (exact) mass is 760 g/mol. The first-order valence-electron chi connectivity index (χ1n) is 17.8. The molecule has 6 atom stereocenters. The molecule has 1 aliphatic rings. The van der Waals surface area contributed by atoms with Crippen molar-refractivity contribution in [1.29, 1.82) is 0 Å². The van der Waals surface area contributed by atoms with Gasteiger partial charge in [0.2, 0.25) is 5.82 Å². The standard InChI is InChI=1S/C43H41F5N2O5/c1-24-33(22-50(3)25(2)40(52)29-9-5-4-6-10-29)54-43(55-41(24)30-14-12-26(23-51)13-15-30)31-18-16-28(17-19-31)32-11-7-8-27(20-32)21-49-42(53)34-35(44)37(46)39(48)38(47)36(34)45/h4-20,24-25,33,40-41,43,51-52H,21-23H2,1-3H3,(H,49,53)/t24-,25+,33+,40+,41+,43+/m0/s1. The fourth-order valence-electron chi connectivity index (χ4n) is 6.72. The van der Waals surface area contributed by atoms with Crippen molar-refractivity contribution in [3.63, 3.8) is 0 Å². The molecule has 1 aliphatic heterocycles. The van der Waals surface area contributed by atoms with Gasteiger partial charge in [0.15, 0.2) is 29.6 Å². The summed E-state index contributed by atoms with van der Waals surface area (Å²) in [5, 5.41) is 23.0. The van der Waals surface area contributed by atoms with Crippen molar-refractivity contribution in [3.8, 4) is 11.1 Å². The van der Waals surface area contributed by atoms with Crippen molar-refractivity contribution in [2.45, 2.75) is 57.6 Å². The summed E-state index contributed by atoms with van der Waals surface area (Å²) in [6, 6.07) is 31.3. The number of aliphatic hydroxyl groups excluding tert-OH is 2. The van der Waals surface area contributed by atoms with Crippen LogP contribution in [0.3, 0.4) is 0 Å². The molecule has 1 fully saturated rings. The van der Waals surface area contributed by atoms with Crippen molar-refractivity contribution in [2.75, 3.05) is 13.6 Å².